The number of ether oxygens (including phenoxy) is 1. The van der Waals surface area contributed by atoms with Crippen LogP contribution in [0.25, 0.3) is 0 Å². The van der Waals surface area contributed by atoms with Gasteiger partial charge in [-0.2, -0.15) is 4.31 Å². The molecule has 2 heterocycles. The number of piperidine rings is 1. The van der Waals surface area contributed by atoms with Gasteiger partial charge in [-0.3, -0.25) is 4.79 Å². The van der Waals surface area contributed by atoms with Crippen molar-refractivity contribution in [2.24, 2.45) is 11.8 Å². The molecule has 0 unspecified atom stereocenters. The van der Waals surface area contributed by atoms with Crippen molar-refractivity contribution in [3.63, 3.8) is 0 Å². The highest BCUT2D eigenvalue weighted by molar-refractivity contribution is 7.89. The van der Waals surface area contributed by atoms with Crippen LogP contribution in [-0.2, 0) is 14.8 Å². The summed E-state index contributed by atoms with van der Waals surface area (Å²) in [5.41, 5.74) is 0.423. The van der Waals surface area contributed by atoms with Crippen LogP contribution in [-0.4, -0.2) is 44.8 Å². The lowest BCUT2D eigenvalue weighted by Crippen LogP contribution is -2.42. The number of nitrogens with zero attached hydrogens (tertiary/aromatic N) is 1. The first-order valence-corrected chi connectivity index (χ1v) is 11.2. The zero-order valence-electron chi connectivity index (χ0n) is 17.5. The van der Waals surface area contributed by atoms with Crippen molar-refractivity contribution in [3.8, 4) is 0 Å². The molecule has 2 atom stereocenters. The van der Waals surface area contributed by atoms with Gasteiger partial charge in [-0.15, -0.1) is 0 Å². The van der Waals surface area contributed by atoms with Crippen molar-refractivity contribution in [2.45, 2.75) is 32.1 Å². The summed E-state index contributed by atoms with van der Waals surface area (Å²) < 4.78 is 37.9. The molecule has 0 saturated carbocycles. The normalized spacial score (nSPS) is 20.0. The monoisotopic (exact) mass is 434 g/mol. The minimum Gasteiger partial charge on any atom is -0.465 e. The van der Waals surface area contributed by atoms with E-state index in [0.29, 0.717) is 13.1 Å². The van der Waals surface area contributed by atoms with Crippen LogP contribution < -0.4 is 5.32 Å². The van der Waals surface area contributed by atoms with Crippen molar-refractivity contribution < 1.29 is 27.2 Å². The van der Waals surface area contributed by atoms with Crippen LogP contribution in [0, 0.1) is 18.8 Å². The zero-order valence-corrected chi connectivity index (χ0v) is 18.3. The quantitative estimate of drug-likeness (QED) is 0.724. The first kappa shape index (κ1) is 22.0. The van der Waals surface area contributed by atoms with Crippen LogP contribution in [0.2, 0.25) is 0 Å². The number of benzene rings is 1. The van der Waals surface area contributed by atoms with Gasteiger partial charge in [0.15, 0.2) is 5.76 Å². The van der Waals surface area contributed by atoms with E-state index in [2.05, 4.69) is 5.32 Å². The van der Waals surface area contributed by atoms with Gasteiger partial charge < -0.3 is 14.5 Å². The molecule has 1 saturated heterocycles. The molecule has 8 nitrogen and oxygen atoms in total. The van der Waals surface area contributed by atoms with E-state index in [1.54, 1.807) is 18.2 Å². The highest BCUT2D eigenvalue weighted by atomic mass is 32.2. The second kappa shape index (κ2) is 8.61. The van der Waals surface area contributed by atoms with Crippen molar-refractivity contribution in [3.05, 3.63) is 47.4 Å². The molecule has 2 aromatic rings. The van der Waals surface area contributed by atoms with Crippen LogP contribution in [0.1, 0.15) is 46.9 Å². The molecule has 0 radical (unpaired) electrons. The number of carbonyl (C=O) groups is 2. The lowest BCUT2D eigenvalue weighted by molar-refractivity contribution is 0.0602. The van der Waals surface area contributed by atoms with Crippen LogP contribution in [0.15, 0.2) is 39.6 Å². The van der Waals surface area contributed by atoms with Gasteiger partial charge >= 0.3 is 5.97 Å². The lowest BCUT2D eigenvalue weighted by atomic mass is 9.94. The topological polar surface area (TPSA) is 106 Å². The standard InChI is InChI=1S/C21H26N2O6S/c1-13-9-14(2)12-23(11-13)30(26,27)19-10-18(29-15(19)3)20(24)22-17-8-6-5-7-16(17)21(25)28-4/h5-8,10,13-14H,9,11-12H2,1-4H3,(H,22,24)/t13-,14-/m0/s1. The number of anilines is 1. The molecule has 1 aliphatic heterocycles. The number of furan rings is 1. The maximum Gasteiger partial charge on any atom is 0.339 e. The third-order valence-electron chi connectivity index (χ3n) is 5.13. The van der Waals surface area contributed by atoms with Crippen LogP contribution in [0.3, 0.4) is 0 Å². The zero-order chi connectivity index (χ0) is 22.1. The third kappa shape index (κ3) is 4.41. The first-order valence-electron chi connectivity index (χ1n) is 9.72. The molecule has 0 aliphatic carbocycles. The Labute approximate surface area is 176 Å². The molecule has 1 fully saturated rings. The third-order valence-corrected chi connectivity index (χ3v) is 7.07. The SMILES string of the molecule is COC(=O)c1ccccc1NC(=O)c1cc(S(=O)(=O)N2C[C@@H](C)C[C@H](C)C2)c(C)o1. The van der Waals surface area contributed by atoms with E-state index in [4.69, 9.17) is 9.15 Å². The van der Waals surface area contributed by atoms with Crippen molar-refractivity contribution in [2.75, 3.05) is 25.5 Å². The van der Waals surface area contributed by atoms with E-state index in [1.807, 2.05) is 13.8 Å². The minimum atomic E-state index is -3.78. The molecule has 30 heavy (non-hydrogen) atoms. The predicted octanol–water partition coefficient (Wildman–Crippen LogP) is 3.29. The molecule has 9 heteroatoms. The van der Waals surface area contributed by atoms with Crippen LogP contribution in [0.4, 0.5) is 5.69 Å². The average molecular weight is 435 g/mol. The fraction of sp³-hybridized carbons (Fsp3) is 0.429. The maximum atomic E-state index is 13.1. The van der Waals surface area contributed by atoms with E-state index in [9.17, 15) is 18.0 Å². The Balaban J connectivity index is 1.86. The lowest BCUT2D eigenvalue weighted by Gasteiger charge is -2.33. The number of hydrogen-bond donors (Lipinski definition) is 1. The Morgan fingerprint density at radius 1 is 1.17 bits per heavy atom. The number of para-hydroxylation sites is 1. The van der Waals surface area contributed by atoms with Gasteiger partial charge in [0, 0.05) is 19.2 Å². The molecule has 1 aliphatic rings. The summed E-state index contributed by atoms with van der Waals surface area (Å²) in [7, 11) is -2.54. The smallest absolute Gasteiger partial charge is 0.339 e. The van der Waals surface area contributed by atoms with E-state index in [1.165, 1.54) is 30.5 Å². The van der Waals surface area contributed by atoms with E-state index in [-0.39, 0.29) is 39.5 Å². The molecule has 162 valence electrons. The second-order valence-electron chi connectivity index (χ2n) is 7.79. The summed E-state index contributed by atoms with van der Waals surface area (Å²) in [6, 6.07) is 7.61. The average Bonchev–Trinajstić information content (AvgIpc) is 3.09. The van der Waals surface area contributed by atoms with Gasteiger partial charge in [-0.25, -0.2) is 13.2 Å². The molecular formula is C21H26N2O6S. The molecular weight excluding hydrogens is 408 g/mol. The van der Waals surface area contributed by atoms with Gasteiger partial charge in [0.2, 0.25) is 10.0 Å². The molecule has 1 aromatic carbocycles. The molecule has 1 amide bonds. The van der Waals surface area contributed by atoms with Gasteiger partial charge in [0.25, 0.3) is 5.91 Å². The Hall–Kier alpha value is -2.65. The van der Waals surface area contributed by atoms with Crippen molar-refractivity contribution in [1.29, 1.82) is 0 Å². The summed E-state index contributed by atoms with van der Waals surface area (Å²) >= 11 is 0. The Bertz CT molecular complexity index is 1050. The van der Waals surface area contributed by atoms with E-state index in [0.717, 1.165) is 6.42 Å². The van der Waals surface area contributed by atoms with Gasteiger partial charge in [0.1, 0.15) is 10.7 Å². The minimum absolute atomic E-state index is 0.0183. The highest BCUT2D eigenvalue weighted by Gasteiger charge is 2.34. The Kier molecular flexibility index (Phi) is 6.33. The van der Waals surface area contributed by atoms with Gasteiger partial charge in [-0.1, -0.05) is 26.0 Å². The molecule has 1 aromatic heterocycles. The van der Waals surface area contributed by atoms with Crippen LogP contribution >= 0.6 is 0 Å². The number of esters is 1. The fourth-order valence-electron chi connectivity index (χ4n) is 3.84. The number of hydrogen-bond acceptors (Lipinski definition) is 6. The predicted molar refractivity (Wildman–Crippen MR) is 111 cm³/mol. The van der Waals surface area contributed by atoms with Crippen molar-refractivity contribution >= 4 is 27.6 Å². The summed E-state index contributed by atoms with van der Waals surface area (Å²) in [6.07, 6.45) is 0.976. The van der Waals surface area contributed by atoms with Crippen LogP contribution in [0.5, 0.6) is 0 Å². The number of carbonyl (C=O) groups excluding carboxylic acids is 2. The number of aryl methyl sites for hydroxylation is 1. The first-order chi connectivity index (χ1) is 14.1. The summed E-state index contributed by atoms with van der Waals surface area (Å²) in [5, 5.41) is 2.59. The number of rotatable bonds is 5. The Morgan fingerprint density at radius 2 is 1.80 bits per heavy atom. The number of amides is 1. The largest absolute Gasteiger partial charge is 0.465 e. The van der Waals surface area contributed by atoms with E-state index < -0.39 is 21.9 Å². The molecule has 0 spiro atoms. The molecule has 3 rings (SSSR count). The fourth-order valence-corrected chi connectivity index (χ4v) is 5.68. The summed E-state index contributed by atoms with van der Waals surface area (Å²) in [6.45, 7) is 6.44. The molecule has 1 N–H and O–H groups in total. The summed E-state index contributed by atoms with van der Waals surface area (Å²) in [4.78, 5) is 24.6. The van der Waals surface area contributed by atoms with Gasteiger partial charge in [0.05, 0.1) is 18.4 Å². The maximum absolute atomic E-state index is 13.1. The number of nitrogens with one attached hydrogen (secondary N) is 1. The molecule has 0 bridgehead atoms. The second-order valence-corrected chi connectivity index (χ2v) is 9.70. The van der Waals surface area contributed by atoms with Gasteiger partial charge in [-0.05, 0) is 37.3 Å². The Morgan fingerprint density at radius 3 is 2.43 bits per heavy atom. The van der Waals surface area contributed by atoms with E-state index >= 15 is 0 Å². The number of methoxy groups -OCH3 is 1. The summed E-state index contributed by atoms with van der Waals surface area (Å²) in [5.74, 6) is -0.743. The number of sulfonamides is 1. The van der Waals surface area contributed by atoms with Crippen molar-refractivity contribution in [1.82, 2.24) is 4.31 Å². The highest BCUT2D eigenvalue weighted by Crippen LogP contribution is 2.30.